The van der Waals surface area contributed by atoms with Gasteiger partial charge in [-0.1, -0.05) is 60.3 Å². The van der Waals surface area contributed by atoms with Crippen LogP contribution in [0.3, 0.4) is 0 Å². The van der Waals surface area contributed by atoms with Gasteiger partial charge in [0.25, 0.3) is 0 Å². The maximum absolute atomic E-state index is 12.8. The van der Waals surface area contributed by atoms with Crippen molar-refractivity contribution >= 4 is 34.4 Å². The molecule has 146 valence electrons. The number of nitrogens with zero attached hydrogens (tertiary/aromatic N) is 2. The molecule has 0 bridgehead atoms. The number of aliphatic hydroxyl groups excluding tert-OH is 1. The molecule has 3 rings (SSSR count). The van der Waals surface area contributed by atoms with E-state index < -0.39 is 5.25 Å². The van der Waals surface area contributed by atoms with Crippen molar-refractivity contribution in [3.63, 3.8) is 0 Å². The molecular formula is C21H23N3O3S. The van der Waals surface area contributed by atoms with Crippen molar-refractivity contribution < 1.29 is 14.7 Å². The van der Waals surface area contributed by atoms with Crippen molar-refractivity contribution in [3.05, 3.63) is 66.2 Å². The highest BCUT2D eigenvalue weighted by atomic mass is 32.2. The van der Waals surface area contributed by atoms with Crippen molar-refractivity contribution in [1.29, 1.82) is 0 Å². The zero-order chi connectivity index (χ0) is 19.8. The molecule has 28 heavy (non-hydrogen) atoms. The van der Waals surface area contributed by atoms with Crippen LogP contribution in [0.15, 0.2) is 65.7 Å². The molecule has 0 spiro atoms. The maximum atomic E-state index is 12.8. The number of nitrogens with one attached hydrogen (secondary N) is 1. The lowest BCUT2D eigenvalue weighted by molar-refractivity contribution is -0.129. The quantitative estimate of drug-likeness (QED) is 0.718. The number of thioether (sulfide) groups is 1. The number of benzene rings is 2. The molecule has 0 radical (unpaired) electrons. The van der Waals surface area contributed by atoms with Gasteiger partial charge in [0.15, 0.2) is 5.17 Å². The molecule has 1 heterocycles. The lowest BCUT2D eigenvalue weighted by Crippen LogP contribution is -2.35. The summed E-state index contributed by atoms with van der Waals surface area (Å²) in [5.41, 5.74) is 1.76. The van der Waals surface area contributed by atoms with Crippen molar-refractivity contribution in [2.75, 3.05) is 13.2 Å². The van der Waals surface area contributed by atoms with Crippen LogP contribution in [-0.2, 0) is 16.1 Å². The number of hydrogen-bond acceptors (Lipinski definition) is 5. The van der Waals surface area contributed by atoms with E-state index in [1.54, 1.807) is 4.90 Å². The average Bonchev–Trinajstić information content (AvgIpc) is 3.00. The SMILES string of the molecule is O=C(CC1SC(=Nc2ccccc2)N(CCCO)C1=O)NCc1ccccc1. The Hall–Kier alpha value is -2.64. The van der Waals surface area contributed by atoms with E-state index >= 15 is 0 Å². The van der Waals surface area contributed by atoms with E-state index in [1.807, 2.05) is 60.7 Å². The van der Waals surface area contributed by atoms with Gasteiger partial charge in [-0.15, -0.1) is 0 Å². The first-order chi connectivity index (χ1) is 13.7. The zero-order valence-electron chi connectivity index (χ0n) is 15.5. The maximum Gasteiger partial charge on any atom is 0.242 e. The number of aliphatic imine (C=N–C) groups is 1. The van der Waals surface area contributed by atoms with E-state index in [-0.39, 0.29) is 24.8 Å². The molecule has 2 aromatic rings. The Labute approximate surface area is 168 Å². The van der Waals surface area contributed by atoms with E-state index in [0.29, 0.717) is 24.7 Å². The summed E-state index contributed by atoms with van der Waals surface area (Å²) in [6, 6.07) is 19.0. The highest BCUT2D eigenvalue weighted by molar-refractivity contribution is 8.15. The van der Waals surface area contributed by atoms with E-state index in [9.17, 15) is 9.59 Å². The Morgan fingerprint density at radius 2 is 1.79 bits per heavy atom. The summed E-state index contributed by atoms with van der Waals surface area (Å²) in [4.78, 5) is 31.3. The molecule has 6 nitrogen and oxygen atoms in total. The van der Waals surface area contributed by atoms with Gasteiger partial charge < -0.3 is 10.4 Å². The van der Waals surface area contributed by atoms with Gasteiger partial charge in [-0.2, -0.15) is 0 Å². The Morgan fingerprint density at radius 1 is 1.11 bits per heavy atom. The summed E-state index contributed by atoms with van der Waals surface area (Å²) in [5, 5.41) is 12.1. The second-order valence-corrected chi connectivity index (χ2v) is 7.54. The van der Waals surface area contributed by atoms with Crippen molar-refractivity contribution in [2.24, 2.45) is 4.99 Å². The molecule has 1 aliphatic rings. The largest absolute Gasteiger partial charge is 0.396 e. The number of rotatable bonds is 8. The molecule has 2 N–H and O–H groups in total. The molecule has 0 aliphatic carbocycles. The topological polar surface area (TPSA) is 82.0 Å². The fourth-order valence-corrected chi connectivity index (χ4v) is 3.99. The second kappa shape index (κ2) is 10.1. The summed E-state index contributed by atoms with van der Waals surface area (Å²) in [5.74, 6) is -0.305. The highest BCUT2D eigenvalue weighted by Crippen LogP contribution is 2.31. The zero-order valence-corrected chi connectivity index (χ0v) is 16.3. The smallest absolute Gasteiger partial charge is 0.242 e. The Kier molecular flexibility index (Phi) is 7.22. The van der Waals surface area contributed by atoms with Crippen molar-refractivity contribution in [1.82, 2.24) is 10.2 Å². The van der Waals surface area contributed by atoms with Gasteiger partial charge in [0, 0.05) is 26.1 Å². The van der Waals surface area contributed by atoms with Crippen LogP contribution in [0.5, 0.6) is 0 Å². The molecule has 2 amide bonds. The Balaban J connectivity index is 1.65. The number of amides is 2. The van der Waals surface area contributed by atoms with Crippen LogP contribution < -0.4 is 5.32 Å². The number of carbonyl (C=O) groups is 2. The number of para-hydroxylation sites is 1. The molecule has 1 fully saturated rings. The van der Waals surface area contributed by atoms with Gasteiger partial charge in [0.2, 0.25) is 11.8 Å². The van der Waals surface area contributed by atoms with Crippen LogP contribution in [0, 0.1) is 0 Å². The number of carbonyl (C=O) groups excluding carboxylic acids is 2. The molecule has 1 saturated heterocycles. The third-order valence-electron chi connectivity index (χ3n) is 4.24. The monoisotopic (exact) mass is 397 g/mol. The molecule has 7 heteroatoms. The average molecular weight is 398 g/mol. The number of amidine groups is 1. The molecular weight excluding hydrogens is 374 g/mol. The van der Waals surface area contributed by atoms with E-state index in [0.717, 1.165) is 11.3 Å². The summed E-state index contributed by atoms with van der Waals surface area (Å²) in [7, 11) is 0. The van der Waals surface area contributed by atoms with E-state index in [2.05, 4.69) is 10.3 Å². The minimum Gasteiger partial charge on any atom is -0.396 e. The normalized spacial score (nSPS) is 17.9. The first-order valence-electron chi connectivity index (χ1n) is 9.20. The van der Waals surface area contributed by atoms with Crippen LogP contribution in [0.1, 0.15) is 18.4 Å². The predicted octanol–water partition coefficient (Wildman–Crippen LogP) is 2.71. The van der Waals surface area contributed by atoms with Gasteiger partial charge in [-0.25, -0.2) is 4.99 Å². The highest BCUT2D eigenvalue weighted by Gasteiger charge is 2.38. The number of hydrogen-bond donors (Lipinski definition) is 2. The standard InChI is InChI=1S/C21H23N3O3S/c25-13-7-12-24-20(27)18(28-21(24)23-17-10-5-2-6-11-17)14-19(26)22-15-16-8-3-1-4-9-16/h1-6,8-11,18,25H,7,12-15H2,(H,22,26). The van der Waals surface area contributed by atoms with E-state index in [4.69, 9.17) is 5.11 Å². The summed E-state index contributed by atoms with van der Waals surface area (Å²) in [6.07, 6.45) is 0.562. The van der Waals surface area contributed by atoms with E-state index in [1.165, 1.54) is 11.8 Å². The first-order valence-corrected chi connectivity index (χ1v) is 10.1. The molecule has 2 aromatic carbocycles. The third-order valence-corrected chi connectivity index (χ3v) is 5.42. The lowest BCUT2D eigenvalue weighted by atomic mass is 10.2. The summed E-state index contributed by atoms with van der Waals surface area (Å²) >= 11 is 1.31. The van der Waals surface area contributed by atoms with Crippen LogP contribution in [-0.4, -0.2) is 45.4 Å². The van der Waals surface area contributed by atoms with Gasteiger partial charge in [0.1, 0.15) is 5.25 Å². The molecule has 0 saturated carbocycles. The van der Waals surface area contributed by atoms with Crippen LogP contribution in [0.25, 0.3) is 0 Å². The van der Waals surface area contributed by atoms with Crippen molar-refractivity contribution in [2.45, 2.75) is 24.6 Å². The lowest BCUT2D eigenvalue weighted by Gasteiger charge is -2.15. The minimum atomic E-state index is -0.503. The minimum absolute atomic E-state index is 0.00467. The summed E-state index contributed by atoms with van der Waals surface area (Å²) < 4.78 is 0. The van der Waals surface area contributed by atoms with Gasteiger partial charge in [-0.05, 0) is 24.1 Å². The van der Waals surface area contributed by atoms with Crippen LogP contribution >= 0.6 is 11.8 Å². The number of aliphatic hydroxyl groups is 1. The summed E-state index contributed by atoms with van der Waals surface area (Å²) in [6.45, 7) is 0.815. The molecule has 1 atom stereocenters. The molecule has 1 aliphatic heterocycles. The first kappa shape index (κ1) is 20.1. The van der Waals surface area contributed by atoms with Gasteiger partial charge in [0.05, 0.1) is 5.69 Å². The van der Waals surface area contributed by atoms with Crippen molar-refractivity contribution in [3.8, 4) is 0 Å². The fourth-order valence-electron chi connectivity index (χ4n) is 2.81. The Bertz CT molecular complexity index is 827. The van der Waals surface area contributed by atoms with Gasteiger partial charge in [-0.3, -0.25) is 14.5 Å². The predicted molar refractivity (Wildman–Crippen MR) is 111 cm³/mol. The van der Waals surface area contributed by atoms with Crippen LogP contribution in [0.4, 0.5) is 5.69 Å². The third kappa shape index (κ3) is 5.43. The molecule has 0 aromatic heterocycles. The fraction of sp³-hybridized carbons (Fsp3) is 0.286. The second-order valence-electron chi connectivity index (χ2n) is 6.37. The van der Waals surface area contributed by atoms with Gasteiger partial charge >= 0.3 is 0 Å². The molecule has 1 unspecified atom stereocenters. The Morgan fingerprint density at radius 3 is 2.46 bits per heavy atom. The van der Waals surface area contributed by atoms with Crippen LogP contribution in [0.2, 0.25) is 0 Å².